The van der Waals surface area contributed by atoms with E-state index in [-0.39, 0.29) is 11.8 Å². The number of nitrogens with two attached hydrogens (primary N) is 1. The lowest BCUT2D eigenvalue weighted by molar-refractivity contribution is 0.600. The summed E-state index contributed by atoms with van der Waals surface area (Å²) in [4.78, 5) is 0. The summed E-state index contributed by atoms with van der Waals surface area (Å²) in [5, 5.41) is 9.27. The molecule has 0 radical (unpaired) electrons. The maximum Gasteiger partial charge on any atom is 0.0795 e. The highest BCUT2D eigenvalue weighted by molar-refractivity contribution is 5.51. The molecule has 0 amide bonds. The second-order valence-corrected chi connectivity index (χ2v) is 4.04. The van der Waals surface area contributed by atoms with E-state index in [1.807, 2.05) is 31.2 Å². The van der Waals surface area contributed by atoms with Gasteiger partial charge in [-0.25, -0.2) is 0 Å². The van der Waals surface area contributed by atoms with Gasteiger partial charge in [0.15, 0.2) is 0 Å². The van der Waals surface area contributed by atoms with E-state index in [1.54, 1.807) is 0 Å². The number of anilines is 1. The van der Waals surface area contributed by atoms with Crippen LogP contribution in [0.5, 0.6) is 0 Å². The number of benzene rings is 1. The van der Waals surface area contributed by atoms with Crippen molar-refractivity contribution < 1.29 is 0 Å². The summed E-state index contributed by atoms with van der Waals surface area (Å²) in [7, 11) is 0. The second-order valence-electron chi connectivity index (χ2n) is 4.04. The Morgan fingerprint density at radius 1 is 1.50 bits per heavy atom. The lowest BCUT2D eigenvalue weighted by Gasteiger charge is -2.20. The molecule has 0 saturated heterocycles. The second kappa shape index (κ2) is 5.37. The van der Waals surface area contributed by atoms with E-state index >= 15 is 0 Å². The standard InChI is InChI=1S/C14H18N2/c1-4-10(2)11(3)13(9-15)12-7-5-6-8-14(12)16/h5-8,11,13H,2,4,16H2,1,3H3. The molecule has 0 bridgehead atoms. The number of nitrogen functional groups attached to an aromatic ring is 1. The van der Waals surface area contributed by atoms with Gasteiger partial charge in [0, 0.05) is 5.69 Å². The van der Waals surface area contributed by atoms with Gasteiger partial charge in [0.2, 0.25) is 0 Å². The molecular weight excluding hydrogens is 196 g/mol. The van der Waals surface area contributed by atoms with Gasteiger partial charge in [0.05, 0.1) is 12.0 Å². The largest absolute Gasteiger partial charge is 0.398 e. The number of hydrogen-bond donors (Lipinski definition) is 1. The molecule has 2 atom stereocenters. The Balaban J connectivity index is 3.05. The molecule has 16 heavy (non-hydrogen) atoms. The highest BCUT2D eigenvalue weighted by Crippen LogP contribution is 2.32. The van der Waals surface area contributed by atoms with Gasteiger partial charge in [-0.05, 0) is 24.0 Å². The molecular formula is C14H18N2. The Bertz CT molecular complexity index is 415. The Kier molecular flexibility index (Phi) is 4.13. The third-order valence-corrected chi connectivity index (χ3v) is 3.07. The summed E-state index contributed by atoms with van der Waals surface area (Å²) in [6.07, 6.45) is 0.895. The molecule has 0 aliphatic heterocycles. The maximum atomic E-state index is 9.27. The third-order valence-electron chi connectivity index (χ3n) is 3.07. The van der Waals surface area contributed by atoms with Gasteiger partial charge in [-0.3, -0.25) is 0 Å². The average molecular weight is 214 g/mol. The minimum atomic E-state index is -0.200. The molecule has 0 heterocycles. The lowest BCUT2D eigenvalue weighted by Crippen LogP contribution is -2.11. The average Bonchev–Trinajstić information content (AvgIpc) is 2.31. The normalized spacial score (nSPS) is 13.8. The van der Waals surface area contributed by atoms with E-state index in [9.17, 15) is 5.26 Å². The zero-order chi connectivity index (χ0) is 12.1. The van der Waals surface area contributed by atoms with Gasteiger partial charge in [-0.1, -0.05) is 44.2 Å². The summed E-state index contributed by atoms with van der Waals surface area (Å²) >= 11 is 0. The number of nitrogens with zero attached hydrogens (tertiary/aromatic N) is 1. The van der Waals surface area contributed by atoms with Crippen LogP contribution in [0.2, 0.25) is 0 Å². The highest BCUT2D eigenvalue weighted by atomic mass is 14.6. The van der Waals surface area contributed by atoms with Crippen molar-refractivity contribution in [1.82, 2.24) is 0 Å². The van der Waals surface area contributed by atoms with E-state index in [0.29, 0.717) is 5.69 Å². The van der Waals surface area contributed by atoms with Crippen LogP contribution in [0, 0.1) is 17.2 Å². The first-order chi connectivity index (χ1) is 7.61. The number of hydrogen-bond acceptors (Lipinski definition) is 2. The molecule has 2 nitrogen and oxygen atoms in total. The Morgan fingerprint density at radius 2 is 2.12 bits per heavy atom. The van der Waals surface area contributed by atoms with E-state index < -0.39 is 0 Å². The van der Waals surface area contributed by atoms with Crippen LogP contribution in [0.15, 0.2) is 36.4 Å². The predicted molar refractivity (Wildman–Crippen MR) is 67.8 cm³/mol. The van der Waals surface area contributed by atoms with Crippen molar-refractivity contribution in [2.24, 2.45) is 5.92 Å². The zero-order valence-electron chi connectivity index (χ0n) is 9.90. The van der Waals surface area contributed by atoms with Gasteiger partial charge in [0.25, 0.3) is 0 Å². The van der Waals surface area contributed by atoms with E-state index in [4.69, 9.17) is 5.73 Å². The van der Waals surface area contributed by atoms with Crippen molar-refractivity contribution in [3.63, 3.8) is 0 Å². The van der Waals surface area contributed by atoms with Crippen LogP contribution < -0.4 is 5.73 Å². The zero-order valence-corrected chi connectivity index (χ0v) is 9.90. The van der Waals surface area contributed by atoms with Crippen molar-refractivity contribution >= 4 is 5.69 Å². The van der Waals surface area contributed by atoms with Crippen LogP contribution >= 0.6 is 0 Å². The topological polar surface area (TPSA) is 49.8 Å². The molecule has 2 N–H and O–H groups in total. The van der Waals surface area contributed by atoms with Gasteiger partial charge in [0.1, 0.15) is 0 Å². The molecule has 0 spiro atoms. The number of para-hydroxylation sites is 1. The van der Waals surface area contributed by atoms with Gasteiger partial charge in [-0.15, -0.1) is 0 Å². The van der Waals surface area contributed by atoms with Crippen molar-refractivity contribution in [3.05, 3.63) is 42.0 Å². The fraction of sp³-hybridized carbons (Fsp3) is 0.357. The molecule has 0 aromatic heterocycles. The Morgan fingerprint density at radius 3 is 2.62 bits per heavy atom. The van der Waals surface area contributed by atoms with Crippen LogP contribution in [0.25, 0.3) is 0 Å². The van der Waals surface area contributed by atoms with Gasteiger partial charge >= 0.3 is 0 Å². The van der Waals surface area contributed by atoms with Crippen molar-refractivity contribution in [2.75, 3.05) is 5.73 Å². The monoisotopic (exact) mass is 214 g/mol. The number of rotatable bonds is 4. The molecule has 0 saturated carbocycles. The first-order valence-corrected chi connectivity index (χ1v) is 5.53. The maximum absolute atomic E-state index is 9.27. The molecule has 1 aromatic carbocycles. The highest BCUT2D eigenvalue weighted by Gasteiger charge is 2.22. The van der Waals surface area contributed by atoms with Crippen LogP contribution in [-0.4, -0.2) is 0 Å². The molecule has 2 heteroatoms. The first-order valence-electron chi connectivity index (χ1n) is 5.53. The predicted octanol–water partition coefficient (Wildman–Crippen LogP) is 3.48. The van der Waals surface area contributed by atoms with E-state index in [0.717, 1.165) is 17.6 Å². The van der Waals surface area contributed by atoms with Crippen LogP contribution in [-0.2, 0) is 0 Å². The molecule has 0 aliphatic carbocycles. The Labute approximate surface area is 97.4 Å². The van der Waals surface area contributed by atoms with Crippen molar-refractivity contribution in [2.45, 2.75) is 26.2 Å². The van der Waals surface area contributed by atoms with Crippen molar-refractivity contribution in [1.29, 1.82) is 5.26 Å². The van der Waals surface area contributed by atoms with E-state index in [2.05, 4.69) is 19.6 Å². The van der Waals surface area contributed by atoms with Crippen LogP contribution in [0.1, 0.15) is 31.7 Å². The summed E-state index contributed by atoms with van der Waals surface area (Å²) in [6, 6.07) is 9.88. The minimum Gasteiger partial charge on any atom is -0.398 e. The fourth-order valence-corrected chi connectivity index (χ4v) is 1.80. The summed E-state index contributed by atoms with van der Waals surface area (Å²) in [5.41, 5.74) is 8.58. The van der Waals surface area contributed by atoms with E-state index in [1.165, 1.54) is 0 Å². The molecule has 0 fully saturated rings. The SMILES string of the molecule is C=C(CC)C(C)C(C#N)c1ccccc1N. The molecule has 2 unspecified atom stereocenters. The van der Waals surface area contributed by atoms with Gasteiger partial charge in [-0.2, -0.15) is 5.26 Å². The quantitative estimate of drug-likeness (QED) is 0.616. The fourth-order valence-electron chi connectivity index (χ4n) is 1.80. The number of nitriles is 1. The third kappa shape index (κ3) is 2.43. The smallest absolute Gasteiger partial charge is 0.0795 e. The lowest BCUT2D eigenvalue weighted by atomic mass is 9.82. The number of allylic oxidation sites excluding steroid dienone is 1. The molecule has 1 aromatic rings. The summed E-state index contributed by atoms with van der Waals surface area (Å²) in [5.74, 6) is -0.0617. The Hall–Kier alpha value is -1.75. The van der Waals surface area contributed by atoms with Crippen LogP contribution in [0.3, 0.4) is 0 Å². The molecule has 1 rings (SSSR count). The minimum absolute atomic E-state index is 0.139. The van der Waals surface area contributed by atoms with Gasteiger partial charge < -0.3 is 5.73 Å². The summed E-state index contributed by atoms with van der Waals surface area (Å²) in [6.45, 7) is 8.10. The first kappa shape index (κ1) is 12.3. The molecule has 0 aliphatic rings. The molecule has 84 valence electrons. The van der Waals surface area contributed by atoms with Crippen LogP contribution in [0.4, 0.5) is 5.69 Å². The van der Waals surface area contributed by atoms with Crippen molar-refractivity contribution in [3.8, 4) is 6.07 Å². The summed E-state index contributed by atoms with van der Waals surface area (Å²) < 4.78 is 0.